The average Bonchev–Trinajstić information content (AvgIpc) is 3.20. The lowest BCUT2D eigenvalue weighted by molar-refractivity contribution is -0.130. The Hall–Kier alpha value is -2.88. The van der Waals surface area contributed by atoms with Gasteiger partial charge in [-0.25, -0.2) is 4.79 Å². The van der Waals surface area contributed by atoms with Gasteiger partial charge in [0.15, 0.2) is 0 Å². The number of hydrogen-bond acceptors (Lipinski definition) is 3. The third kappa shape index (κ3) is 3.72. The maximum absolute atomic E-state index is 12.7. The summed E-state index contributed by atoms with van der Waals surface area (Å²) in [7, 11) is 0. The number of halogens is 1. The van der Waals surface area contributed by atoms with E-state index in [0.29, 0.717) is 12.1 Å². The van der Waals surface area contributed by atoms with E-state index in [1.54, 1.807) is 12.1 Å². The van der Waals surface area contributed by atoms with Crippen LogP contribution in [0.5, 0.6) is 0 Å². The van der Waals surface area contributed by atoms with Crippen LogP contribution in [0, 0.1) is 3.57 Å². The Balaban J connectivity index is 1.42. The molecule has 1 aliphatic heterocycles. The first-order valence-electron chi connectivity index (χ1n) is 8.73. The standard InChI is InChI=1S/C20H17IN4O3/c21-13-5-7-14(8-6-13)23-18(26)11-25-19(27)17(24-20(25)28)9-12-10-22-16-4-2-1-3-15(12)16/h1-8,10,17,22H,9,11H2,(H,23,26)(H,24,28). The SMILES string of the molecule is O=C(CN1C(=O)NC(Cc2c[nH]c3ccccc23)C1=O)Nc1ccc(I)cc1. The third-order valence-electron chi connectivity index (χ3n) is 4.64. The van der Waals surface area contributed by atoms with Gasteiger partial charge in [0, 0.05) is 32.8 Å². The summed E-state index contributed by atoms with van der Waals surface area (Å²) in [6.07, 6.45) is 2.21. The Labute approximate surface area is 174 Å². The van der Waals surface area contributed by atoms with Crippen LogP contribution < -0.4 is 10.6 Å². The summed E-state index contributed by atoms with van der Waals surface area (Å²) >= 11 is 2.17. The van der Waals surface area contributed by atoms with Gasteiger partial charge in [-0.1, -0.05) is 18.2 Å². The lowest BCUT2D eigenvalue weighted by Gasteiger charge is -2.13. The molecule has 3 N–H and O–H groups in total. The van der Waals surface area contributed by atoms with E-state index < -0.39 is 23.9 Å². The minimum atomic E-state index is -0.683. The minimum Gasteiger partial charge on any atom is -0.361 e. The number of para-hydroxylation sites is 1. The fourth-order valence-electron chi connectivity index (χ4n) is 3.26. The number of aromatic nitrogens is 1. The van der Waals surface area contributed by atoms with Crippen LogP contribution in [0.2, 0.25) is 0 Å². The van der Waals surface area contributed by atoms with Gasteiger partial charge in [0.2, 0.25) is 5.91 Å². The molecule has 0 spiro atoms. The minimum absolute atomic E-state index is 0.318. The van der Waals surface area contributed by atoms with Crippen LogP contribution in [0.4, 0.5) is 10.5 Å². The molecule has 1 aromatic heterocycles. The van der Waals surface area contributed by atoms with Crippen LogP contribution in [0.25, 0.3) is 10.9 Å². The average molecular weight is 488 g/mol. The number of rotatable bonds is 5. The zero-order chi connectivity index (χ0) is 19.7. The highest BCUT2D eigenvalue weighted by atomic mass is 127. The molecule has 1 saturated heterocycles. The molecule has 1 aliphatic rings. The zero-order valence-corrected chi connectivity index (χ0v) is 16.9. The Bertz CT molecular complexity index is 1060. The largest absolute Gasteiger partial charge is 0.361 e. The number of carbonyl (C=O) groups excluding carboxylic acids is 3. The van der Waals surface area contributed by atoms with Crippen molar-refractivity contribution in [1.82, 2.24) is 15.2 Å². The number of nitrogens with zero attached hydrogens (tertiary/aromatic N) is 1. The molecule has 0 saturated carbocycles. The molecule has 28 heavy (non-hydrogen) atoms. The molecule has 142 valence electrons. The molecule has 2 heterocycles. The number of anilines is 1. The number of imide groups is 1. The van der Waals surface area contributed by atoms with Gasteiger partial charge in [-0.3, -0.25) is 14.5 Å². The van der Waals surface area contributed by atoms with E-state index in [-0.39, 0.29) is 6.54 Å². The molecule has 2 aromatic carbocycles. The second-order valence-corrected chi connectivity index (χ2v) is 7.79. The highest BCUT2D eigenvalue weighted by Crippen LogP contribution is 2.21. The van der Waals surface area contributed by atoms with Gasteiger partial charge >= 0.3 is 6.03 Å². The number of carbonyl (C=O) groups is 3. The summed E-state index contributed by atoms with van der Waals surface area (Å²) in [5.74, 6) is -0.814. The predicted molar refractivity (Wildman–Crippen MR) is 114 cm³/mol. The molecule has 0 aliphatic carbocycles. The van der Waals surface area contributed by atoms with Crippen molar-refractivity contribution in [1.29, 1.82) is 0 Å². The second kappa shape index (κ2) is 7.63. The summed E-state index contributed by atoms with van der Waals surface area (Å²) in [5, 5.41) is 6.39. The number of benzene rings is 2. The Morgan fingerprint density at radius 1 is 1.11 bits per heavy atom. The number of H-pyrrole nitrogens is 1. The Morgan fingerprint density at radius 3 is 2.64 bits per heavy atom. The lowest BCUT2D eigenvalue weighted by atomic mass is 10.1. The normalized spacial score (nSPS) is 16.5. The summed E-state index contributed by atoms with van der Waals surface area (Å²) < 4.78 is 1.05. The Morgan fingerprint density at radius 2 is 1.86 bits per heavy atom. The van der Waals surface area contributed by atoms with Gasteiger partial charge in [0.25, 0.3) is 5.91 Å². The van der Waals surface area contributed by atoms with Gasteiger partial charge < -0.3 is 15.6 Å². The number of nitrogens with one attached hydrogen (secondary N) is 3. The van der Waals surface area contributed by atoms with E-state index in [2.05, 4.69) is 38.2 Å². The number of amides is 4. The van der Waals surface area contributed by atoms with Gasteiger partial charge in [-0.15, -0.1) is 0 Å². The predicted octanol–water partition coefficient (Wildman–Crippen LogP) is 2.87. The van der Waals surface area contributed by atoms with E-state index in [1.807, 2.05) is 42.6 Å². The molecular formula is C20H17IN4O3. The molecule has 1 unspecified atom stereocenters. The van der Waals surface area contributed by atoms with Crippen LogP contribution in [0.1, 0.15) is 5.56 Å². The van der Waals surface area contributed by atoms with Crippen LogP contribution in [0.15, 0.2) is 54.7 Å². The quantitative estimate of drug-likeness (QED) is 0.381. The monoisotopic (exact) mass is 488 g/mol. The van der Waals surface area contributed by atoms with Crippen molar-refractivity contribution in [2.24, 2.45) is 0 Å². The molecule has 1 atom stereocenters. The topological polar surface area (TPSA) is 94.3 Å². The van der Waals surface area contributed by atoms with Gasteiger partial charge in [-0.05, 0) is 58.5 Å². The first-order valence-corrected chi connectivity index (χ1v) is 9.81. The maximum atomic E-state index is 12.7. The van der Waals surface area contributed by atoms with Crippen molar-refractivity contribution in [2.75, 3.05) is 11.9 Å². The van der Waals surface area contributed by atoms with Crippen LogP contribution >= 0.6 is 22.6 Å². The summed E-state index contributed by atoms with van der Waals surface area (Å²) in [6, 6.07) is 13.8. The molecule has 3 aromatic rings. The van der Waals surface area contributed by atoms with Crippen molar-refractivity contribution in [3.05, 3.63) is 63.9 Å². The van der Waals surface area contributed by atoms with Crippen LogP contribution in [-0.2, 0) is 16.0 Å². The van der Waals surface area contributed by atoms with Gasteiger partial charge in [0.1, 0.15) is 12.6 Å². The highest BCUT2D eigenvalue weighted by molar-refractivity contribution is 14.1. The zero-order valence-electron chi connectivity index (χ0n) is 14.7. The van der Waals surface area contributed by atoms with E-state index in [1.165, 1.54) is 0 Å². The van der Waals surface area contributed by atoms with Crippen molar-refractivity contribution < 1.29 is 14.4 Å². The smallest absolute Gasteiger partial charge is 0.325 e. The number of fused-ring (bicyclic) bond motifs is 1. The van der Waals surface area contributed by atoms with Gasteiger partial charge in [-0.2, -0.15) is 0 Å². The van der Waals surface area contributed by atoms with Crippen molar-refractivity contribution in [3.63, 3.8) is 0 Å². The molecule has 1 fully saturated rings. The fraction of sp³-hybridized carbons (Fsp3) is 0.150. The summed E-state index contributed by atoms with van der Waals surface area (Å²) in [4.78, 5) is 41.3. The van der Waals surface area contributed by atoms with Crippen molar-refractivity contribution >= 4 is 57.0 Å². The highest BCUT2D eigenvalue weighted by Gasteiger charge is 2.39. The molecule has 4 amide bonds. The molecule has 7 nitrogen and oxygen atoms in total. The summed E-state index contributed by atoms with van der Waals surface area (Å²) in [6.45, 7) is -0.318. The number of urea groups is 1. The number of aromatic amines is 1. The van der Waals surface area contributed by atoms with Crippen molar-refractivity contribution in [2.45, 2.75) is 12.5 Å². The van der Waals surface area contributed by atoms with E-state index in [0.717, 1.165) is 24.9 Å². The Kier molecular flexibility index (Phi) is 5.03. The molecular weight excluding hydrogens is 471 g/mol. The van der Waals surface area contributed by atoms with Gasteiger partial charge in [0.05, 0.1) is 0 Å². The van der Waals surface area contributed by atoms with E-state index in [4.69, 9.17) is 0 Å². The van der Waals surface area contributed by atoms with E-state index >= 15 is 0 Å². The molecule has 8 heteroatoms. The molecule has 4 rings (SSSR count). The van der Waals surface area contributed by atoms with E-state index in [9.17, 15) is 14.4 Å². The molecule has 0 bridgehead atoms. The first-order chi connectivity index (χ1) is 13.5. The van der Waals surface area contributed by atoms with Crippen LogP contribution in [-0.4, -0.2) is 40.3 Å². The number of hydrogen-bond donors (Lipinski definition) is 3. The first kappa shape index (κ1) is 18.5. The second-order valence-electron chi connectivity index (χ2n) is 6.55. The third-order valence-corrected chi connectivity index (χ3v) is 5.35. The van der Waals surface area contributed by atoms with Crippen LogP contribution in [0.3, 0.4) is 0 Å². The fourth-order valence-corrected chi connectivity index (χ4v) is 3.62. The maximum Gasteiger partial charge on any atom is 0.325 e. The van der Waals surface area contributed by atoms with Crippen molar-refractivity contribution in [3.8, 4) is 0 Å². The molecule has 0 radical (unpaired) electrons. The summed E-state index contributed by atoms with van der Waals surface area (Å²) in [5.41, 5.74) is 2.54. The lowest BCUT2D eigenvalue weighted by Crippen LogP contribution is -2.38.